The fourth-order valence-electron chi connectivity index (χ4n) is 5.85. The number of amides is 3. The molecule has 1 unspecified atom stereocenters. The first-order valence-corrected chi connectivity index (χ1v) is 15.2. The van der Waals surface area contributed by atoms with E-state index in [1.54, 1.807) is 32.9 Å². The van der Waals surface area contributed by atoms with Crippen molar-refractivity contribution in [1.82, 2.24) is 15.5 Å². The van der Waals surface area contributed by atoms with Crippen LogP contribution in [0.5, 0.6) is 11.5 Å². The highest BCUT2D eigenvalue weighted by molar-refractivity contribution is 6.02. The minimum absolute atomic E-state index is 0.0397. The fraction of sp³-hybridized carbons (Fsp3) is 0.545. The molecule has 0 radical (unpaired) electrons. The first kappa shape index (κ1) is 33.0. The molecular formula is C33H44FN3O7. The lowest BCUT2D eigenvalue weighted by Gasteiger charge is -2.38. The normalized spacial score (nSPS) is 21.2. The number of carbonyl (C=O) groups is 3. The number of nitrogens with zero attached hydrogens (tertiary/aromatic N) is 1. The largest absolute Gasteiger partial charge is 0.491 e. The van der Waals surface area contributed by atoms with Gasteiger partial charge in [-0.15, -0.1) is 0 Å². The van der Waals surface area contributed by atoms with Gasteiger partial charge in [-0.2, -0.15) is 0 Å². The van der Waals surface area contributed by atoms with Crippen molar-refractivity contribution < 1.29 is 38.1 Å². The second kappa shape index (κ2) is 13.8. The van der Waals surface area contributed by atoms with Gasteiger partial charge in [0.25, 0.3) is 11.8 Å². The summed E-state index contributed by atoms with van der Waals surface area (Å²) in [6, 6.07) is 10.7. The fourth-order valence-corrected chi connectivity index (χ4v) is 5.85. The summed E-state index contributed by atoms with van der Waals surface area (Å²) in [5.41, 5.74) is -0.0828. The van der Waals surface area contributed by atoms with Crippen LogP contribution in [-0.4, -0.2) is 85.2 Å². The summed E-state index contributed by atoms with van der Waals surface area (Å²) in [6.07, 6.45) is 0.598. The van der Waals surface area contributed by atoms with Crippen molar-refractivity contribution in [3.8, 4) is 11.5 Å². The van der Waals surface area contributed by atoms with E-state index in [2.05, 4.69) is 10.6 Å². The Bertz CT molecular complexity index is 1360. The highest BCUT2D eigenvalue weighted by Gasteiger charge is 2.39. The lowest BCUT2D eigenvalue weighted by Crippen LogP contribution is -2.49. The minimum Gasteiger partial charge on any atom is -0.491 e. The molecule has 3 atom stereocenters. The van der Waals surface area contributed by atoms with Crippen molar-refractivity contribution in [2.45, 2.75) is 76.7 Å². The maximum Gasteiger partial charge on any atom is 0.410 e. The van der Waals surface area contributed by atoms with Crippen LogP contribution in [0.2, 0.25) is 0 Å². The molecule has 2 heterocycles. The zero-order valence-corrected chi connectivity index (χ0v) is 26.2. The molecule has 240 valence electrons. The number of aliphatic hydroxyl groups excluding tert-OH is 1. The molecule has 0 saturated carbocycles. The molecule has 0 aromatic heterocycles. The number of halogens is 1. The van der Waals surface area contributed by atoms with Crippen LogP contribution in [-0.2, 0) is 4.74 Å². The van der Waals surface area contributed by atoms with Gasteiger partial charge in [0.2, 0.25) is 0 Å². The molecule has 1 fully saturated rings. The molecule has 1 saturated heterocycles. The van der Waals surface area contributed by atoms with Gasteiger partial charge >= 0.3 is 6.09 Å². The van der Waals surface area contributed by atoms with Crippen molar-refractivity contribution in [3.63, 3.8) is 0 Å². The molecule has 2 aliphatic heterocycles. The van der Waals surface area contributed by atoms with Crippen LogP contribution in [0.4, 0.5) is 9.18 Å². The average molecular weight is 614 g/mol. The summed E-state index contributed by atoms with van der Waals surface area (Å²) in [6.45, 7) is 7.92. The summed E-state index contributed by atoms with van der Waals surface area (Å²) in [5, 5.41) is 14.6. The van der Waals surface area contributed by atoms with E-state index in [1.165, 1.54) is 18.0 Å². The van der Waals surface area contributed by atoms with Crippen LogP contribution in [0.1, 0.15) is 91.1 Å². The van der Waals surface area contributed by atoms with Gasteiger partial charge in [0.05, 0.1) is 18.7 Å². The monoisotopic (exact) mass is 613 g/mol. The number of rotatable bonds is 10. The summed E-state index contributed by atoms with van der Waals surface area (Å²) >= 11 is 0. The third-order valence-corrected chi connectivity index (χ3v) is 7.80. The van der Waals surface area contributed by atoms with Crippen molar-refractivity contribution in [3.05, 3.63) is 58.7 Å². The van der Waals surface area contributed by atoms with E-state index < -0.39 is 17.4 Å². The highest BCUT2D eigenvalue weighted by atomic mass is 19.1. The van der Waals surface area contributed by atoms with Crippen LogP contribution >= 0.6 is 0 Å². The number of benzene rings is 2. The number of nitrogens with one attached hydrogen (secondary N) is 2. The SMILES string of the molecule is CNC(=O)c1cc(C(=O)NCCCC2(F)CCCN(C(=O)OC(C)(C)C)C2)cc2c1O[C@H](C)[C@H]2c1cccc(OCCO)c1. The van der Waals surface area contributed by atoms with E-state index in [0.717, 1.165) is 5.56 Å². The Morgan fingerprint density at radius 1 is 1.18 bits per heavy atom. The Balaban J connectivity index is 1.46. The average Bonchev–Trinajstić information content (AvgIpc) is 3.32. The van der Waals surface area contributed by atoms with Gasteiger partial charge in [-0.05, 0) is 83.2 Å². The van der Waals surface area contributed by atoms with Crippen LogP contribution in [0.15, 0.2) is 36.4 Å². The Morgan fingerprint density at radius 3 is 2.66 bits per heavy atom. The smallest absolute Gasteiger partial charge is 0.410 e. The first-order chi connectivity index (χ1) is 20.8. The topological polar surface area (TPSA) is 126 Å². The van der Waals surface area contributed by atoms with Crippen molar-refractivity contribution in [1.29, 1.82) is 0 Å². The molecule has 44 heavy (non-hydrogen) atoms. The number of hydrogen-bond acceptors (Lipinski definition) is 7. The van der Waals surface area contributed by atoms with Crippen LogP contribution in [0.3, 0.4) is 0 Å². The van der Waals surface area contributed by atoms with Gasteiger partial charge in [0.1, 0.15) is 35.5 Å². The second-order valence-corrected chi connectivity index (χ2v) is 12.5. The molecule has 3 N–H and O–H groups in total. The van der Waals surface area contributed by atoms with Crippen LogP contribution < -0.4 is 20.1 Å². The van der Waals surface area contributed by atoms with Crippen molar-refractivity contribution in [2.24, 2.45) is 0 Å². The predicted molar refractivity (Wildman–Crippen MR) is 163 cm³/mol. The summed E-state index contributed by atoms with van der Waals surface area (Å²) in [5.74, 6) is -0.0237. The van der Waals surface area contributed by atoms with Crippen molar-refractivity contribution >= 4 is 17.9 Å². The number of hydrogen-bond donors (Lipinski definition) is 3. The number of fused-ring (bicyclic) bond motifs is 1. The van der Waals surface area contributed by atoms with E-state index in [1.807, 2.05) is 25.1 Å². The van der Waals surface area contributed by atoms with E-state index >= 15 is 4.39 Å². The van der Waals surface area contributed by atoms with E-state index in [-0.39, 0.29) is 62.1 Å². The Labute approximate surface area is 258 Å². The van der Waals surface area contributed by atoms with Gasteiger partial charge in [-0.25, -0.2) is 9.18 Å². The Hall–Kier alpha value is -3.86. The standard InChI is InChI=1S/C33H44FN3O7/c1-21-27(22-9-6-10-24(17-22)42-16-15-38)25-18-23(19-26(28(25)43-21)30(40)35-5)29(39)36-13-7-11-33(34)12-8-14-37(20-33)31(41)44-32(2,3)4/h6,9-10,17-19,21,27,38H,7-8,11-16,20H2,1-5H3,(H,35,40)(H,36,39)/t21-,27+,33?/m1/s1. The van der Waals surface area contributed by atoms with Crippen LogP contribution in [0, 0.1) is 0 Å². The third kappa shape index (κ3) is 7.99. The number of likely N-dealkylation sites (tertiary alicyclic amines) is 1. The molecule has 0 bridgehead atoms. The van der Waals surface area contributed by atoms with Gasteiger partial charge in [0, 0.05) is 37.2 Å². The Morgan fingerprint density at radius 2 is 1.95 bits per heavy atom. The van der Waals surface area contributed by atoms with Gasteiger partial charge in [-0.1, -0.05) is 12.1 Å². The summed E-state index contributed by atoms with van der Waals surface area (Å²) < 4.78 is 32.9. The zero-order valence-electron chi connectivity index (χ0n) is 26.2. The lowest BCUT2D eigenvalue weighted by atomic mass is 9.86. The summed E-state index contributed by atoms with van der Waals surface area (Å²) in [4.78, 5) is 40.1. The van der Waals surface area contributed by atoms with Gasteiger partial charge in [-0.3, -0.25) is 9.59 Å². The predicted octanol–water partition coefficient (Wildman–Crippen LogP) is 4.58. The molecular weight excluding hydrogens is 569 g/mol. The third-order valence-electron chi connectivity index (χ3n) is 7.80. The quantitative estimate of drug-likeness (QED) is 0.335. The second-order valence-electron chi connectivity index (χ2n) is 12.5. The number of alkyl halides is 1. The molecule has 2 aliphatic rings. The summed E-state index contributed by atoms with van der Waals surface area (Å²) in [7, 11) is 1.52. The van der Waals surface area contributed by atoms with E-state index in [9.17, 15) is 14.4 Å². The lowest BCUT2D eigenvalue weighted by molar-refractivity contribution is -0.00798. The molecule has 2 aromatic carbocycles. The molecule has 10 nitrogen and oxygen atoms in total. The minimum atomic E-state index is -1.56. The molecule has 11 heteroatoms. The number of aliphatic hydroxyl groups is 1. The number of piperidine rings is 1. The molecule has 2 aromatic rings. The molecule has 4 rings (SSSR count). The number of ether oxygens (including phenoxy) is 3. The molecule has 0 aliphatic carbocycles. The first-order valence-electron chi connectivity index (χ1n) is 15.2. The maximum atomic E-state index is 15.7. The van der Waals surface area contributed by atoms with E-state index in [4.69, 9.17) is 19.3 Å². The van der Waals surface area contributed by atoms with Crippen LogP contribution in [0.25, 0.3) is 0 Å². The molecule has 0 spiro atoms. The zero-order chi connectivity index (χ0) is 32.1. The van der Waals surface area contributed by atoms with Gasteiger partial charge < -0.3 is 34.9 Å². The highest BCUT2D eigenvalue weighted by Crippen LogP contribution is 2.45. The maximum absolute atomic E-state index is 15.7. The van der Waals surface area contributed by atoms with Gasteiger partial charge in [0.15, 0.2) is 0 Å². The number of carbonyl (C=O) groups excluding carboxylic acids is 3. The van der Waals surface area contributed by atoms with E-state index in [0.29, 0.717) is 48.4 Å². The Kier molecular flexibility index (Phi) is 10.4. The molecule has 3 amide bonds. The van der Waals surface area contributed by atoms with Crippen molar-refractivity contribution in [2.75, 3.05) is 39.9 Å².